The summed E-state index contributed by atoms with van der Waals surface area (Å²) in [6.07, 6.45) is 2.17. The van der Waals surface area contributed by atoms with E-state index in [2.05, 4.69) is 10.6 Å². The Hall–Kier alpha value is -2.09. The first-order valence-electron chi connectivity index (χ1n) is 6.77. The summed E-state index contributed by atoms with van der Waals surface area (Å²) in [5.74, 6) is 0.474. The number of hydrogen-bond donors (Lipinski definition) is 2. The van der Waals surface area contributed by atoms with Crippen molar-refractivity contribution >= 4 is 29.4 Å². The fraction of sp³-hybridized carbons (Fsp3) is 0.429. The lowest BCUT2D eigenvalue weighted by atomic mass is 10.2. The maximum Gasteiger partial charge on any atom is 0.319 e. The van der Waals surface area contributed by atoms with Gasteiger partial charge in [-0.1, -0.05) is 0 Å². The van der Waals surface area contributed by atoms with Crippen molar-refractivity contribution in [2.75, 3.05) is 30.5 Å². The molecule has 0 bridgehead atoms. The maximum atomic E-state index is 11.9. The van der Waals surface area contributed by atoms with Gasteiger partial charge in [0, 0.05) is 11.8 Å². The number of fused-ring (bicyclic) bond motifs is 1. The minimum absolute atomic E-state index is 0.304. The molecule has 0 spiro atoms. The average molecular weight is 325 g/mol. The van der Waals surface area contributed by atoms with Crippen molar-refractivity contribution in [3.8, 4) is 11.5 Å². The second-order valence-corrected chi connectivity index (χ2v) is 5.60. The fourth-order valence-electron chi connectivity index (χ4n) is 1.93. The van der Waals surface area contributed by atoms with Crippen molar-refractivity contribution in [2.24, 2.45) is 0 Å². The molecule has 0 aromatic heterocycles. The van der Waals surface area contributed by atoms with Crippen LogP contribution in [0.5, 0.6) is 11.5 Å². The van der Waals surface area contributed by atoms with Gasteiger partial charge in [-0.05, 0) is 30.6 Å². The van der Waals surface area contributed by atoms with Gasteiger partial charge in [-0.25, -0.2) is 4.79 Å². The van der Waals surface area contributed by atoms with E-state index in [9.17, 15) is 14.7 Å². The van der Waals surface area contributed by atoms with Crippen molar-refractivity contribution in [2.45, 2.75) is 12.5 Å². The lowest BCUT2D eigenvalue weighted by Gasteiger charge is -2.21. The van der Waals surface area contributed by atoms with Gasteiger partial charge < -0.3 is 30.0 Å². The minimum atomic E-state index is -1.30. The minimum Gasteiger partial charge on any atom is -0.548 e. The van der Waals surface area contributed by atoms with E-state index in [0.717, 1.165) is 0 Å². The van der Waals surface area contributed by atoms with E-state index in [4.69, 9.17) is 9.47 Å². The molecule has 0 fully saturated rings. The molecule has 2 N–H and O–H groups in total. The number of amides is 2. The molecule has 0 unspecified atom stereocenters. The zero-order chi connectivity index (χ0) is 15.9. The van der Waals surface area contributed by atoms with Gasteiger partial charge in [0.25, 0.3) is 0 Å². The Balaban J connectivity index is 1.94. The molecule has 0 saturated carbocycles. The van der Waals surface area contributed by atoms with Crippen molar-refractivity contribution in [3.63, 3.8) is 0 Å². The fourth-order valence-corrected chi connectivity index (χ4v) is 2.40. The summed E-state index contributed by atoms with van der Waals surface area (Å²) < 4.78 is 10.8. The van der Waals surface area contributed by atoms with Crippen LogP contribution < -0.4 is 25.2 Å². The second-order valence-electron chi connectivity index (χ2n) is 4.61. The zero-order valence-corrected chi connectivity index (χ0v) is 12.9. The quantitative estimate of drug-likeness (QED) is 0.788. The Morgan fingerprint density at radius 2 is 2.05 bits per heavy atom. The number of thioether (sulfide) groups is 1. The molecule has 1 heterocycles. The van der Waals surface area contributed by atoms with Gasteiger partial charge in [-0.2, -0.15) is 11.8 Å². The topological polar surface area (TPSA) is 99.7 Å². The van der Waals surface area contributed by atoms with E-state index in [1.807, 2.05) is 6.26 Å². The number of carboxylic acid groups (broad SMARTS) is 1. The third kappa shape index (κ3) is 4.45. The van der Waals surface area contributed by atoms with E-state index in [0.29, 0.717) is 42.6 Å². The van der Waals surface area contributed by atoms with E-state index < -0.39 is 18.0 Å². The van der Waals surface area contributed by atoms with Gasteiger partial charge in [0.05, 0.1) is 12.0 Å². The standard InChI is InChI=1S/C14H18N2O5S/c1-22-7-4-10(13(17)18)16-14(19)15-9-2-3-11-12(8-9)21-6-5-20-11/h2-3,8,10H,4-7H2,1H3,(H,17,18)(H2,15,16,19)/p-1/t10-/m0/s1. The van der Waals surface area contributed by atoms with Crippen LogP contribution in [0.3, 0.4) is 0 Å². The summed E-state index contributed by atoms with van der Waals surface area (Å²) in [4.78, 5) is 22.9. The lowest BCUT2D eigenvalue weighted by molar-refractivity contribution is -0.308. The first kappa shape index (κ1) is 16.3. The highest BCUT2D eigenvalue weighted by atomic mass is 32.2. The van der Waals surface area contributed by atoms with Gasteiger partial charge in [-0.3, -0.25) is 0 Å². The predicted octanol–water partition coefficient (Wildman–Crippen LogP) is 0.451. The Labute approximate surface area is 132 Å². The van der Waals surface area contributed by atoms with Crippen LogP contribution in [0, 0.1) is 0 Å². The van der Waals surface area contributed by atoms with Crippen LogP contribution in [0.1, 0.15) is 6.42 Å². The normalized spacial score (nSPS) is 14.0. The number of ether oxygens (including phenoxy) is 2. The molecule has 1 aromatic carbocycles. The molecule has 8 heteroatoms. The Kier molecular flexibility index (Phi) is 5.76. The van der Waals surface area contributed by atoms with Crippen LogP contribution in [-0.2, 0) is 4.79 Å². The molecule has 2 rings (SSSR count). The van der Waals surface area contributed by atoms with Crippen molar-refractivity contribution in [3.05, 3.63) is 18.2 Å². The number of aliphatic carboxylic acids is 1. The highest BCUT2D eigenvalue weighted by Gasteiger charge is 2.15. The molecule has 1 aliphatic heterocycles. The van der Waals surface area contributed by atoms with Crippen LogP contribution in [0.4, 0.5) is 10.5 Å². The molecular weight excluding hydrogens is 308 g/mol. The number of anilines is 1. The first-order chi connectivity index (χ1) is 10.6. The number of rotatable bonds is 6. The smallest absolute Gasteiger partial charge is 0.319 e. The summed E-state index contributed by atoms with van der Waals surface area (Å²) in [5, 5.41) is 15.9. The molecule has 22 heavy (non-hydrogen) atoms. The van der Waals surface area contributed by atoms with Crippen molar-refractivity contribution < 1.29 is 24.2 Å². The van der Waals surface area contributed by atoms with E-state index in [1.54, 1.807) is 18.2 Å². The lowest BCUT2D eigenvalue weighted by Crippen LogP contribution is -2.49. The molecular formula is C14H17N2O5S-. The zero-order valence-electron chi connectivity index (χ0n) is 12.1. The number of nitrogens with one attached hydrogen (secondary N) is 2. The molecule has 1 atom stereocenters. The number of hydrogen-bond acceptors (Lipinski definition) is 6. The number of carbonyl (C=O) groups excluding carboxylic acids is 2. The molecule has 2 amide bonds. The Morgan fingerprint density at radius 1 is 1.32 bits per heavy atom. The molecule has 120 valence electrons. The summed E-state index contributed by atoms with van der Waals surface area (Å²) in [6, 6.07) is 3.35. The molecule has 7 nitrogen and oxygen atoms in total. The largest absolute Gasteiger partial charge is 0.548 e. The Bertz CT molecular complexity index is 552. The molecule has 1 aromatic rings. The SMILES string of the molecule is CSCC[C@H](NC(=O)Nc1ccc2c(c1)OCCO2)C(=O)[O-]. The first-order valence-corrected chi connectivity index (χ1v) is 8.16. The van der Waals surface area contributed by atoms with E-state index in [1.165, 1.54) is 11.8 Å². The predicted molar refractivity (Wildman–Crippen MR) is 81.4 cm³/mol. The Morgan fingerprint density at radius 3 is 2.73 bits per heavy atom. The van der Waals surface area contributed by atoms with E-state index in [-0.39, 0.29) is 0 Å². The summed E-state index contributed by atoms with van der Waals surface area (Å²) >= 11 is 1.50. The maximum absolute atomic E-state index is 11.9. The van der Waals surface area contributed by atoms with Crippen molar-refractivity contribution in [1.82, 2.24) is 5.32 Å². The molecule has 0 saturated heterocycles. The summed E-state index contributed by atoms with van der Waals surface area (Å²) in [5.41, 5.74) is 0.490. The average Bonchev–Trinajstić information content (AvgIpc) is 2.51. The second kappa shape index (κ2) is 7.79. The van der Waals surface area contributed by atoms with Gasteiger partial charge >= 0.3 is 6.03 Å². The van der Waals surface area contributed by atoms with Gasteiger partial charge in [-0.15, -0.1) is 0 Å². The van der Waals surface area contributed by atoms with Gasteiger partial charge in [0.15, 0.2) is 11.5 Å². The van der Waals surface area contributed by atoms with Crippen LogP contribution in [0.25, 0.3) is 0 Å². The van der Waals surface area contributed by atoms with Gasteiger partial charge in [0.1, 0.15) is 13.2 Å². The number of benzene rings is 1. The number of carbonyl (C=O) groups is 2. The number of urea groups is 1. The number of carboxylic acids is 1. The van der Waals surface area contributed by atoms with Crippen LogP contribution in [-0.4, -0.2) is 43.3 Å². The van der Waals surface area contributed by atoms with E-state index >= 15 is 0 Å². The van der Waals surface area contributed by atoms with Gasteiger partial charge in [0.2, 0.25) is 0 Å². The molecule has 0 radical (unpaired) electrons. The summed E-state index contributed by atoms with van der Waals surface area (Å²) in [7, 11) is 0. The highest BCUT2D eigenvalue weighted by Crippen LogP contribution is 2.32. The van der Waals surface area contributed by atoms with Crippen LogP contribution >= 0.6 is 11.8 Å². The van der Waals surface area contributed by atoms with Crippen molar-refractivity contribution in [1.29, 1.82) is 0 Å². The monoisotopic (exact) mass is 325 g/mol. The van der Waals surface area contributed by atoms with Crippen LogP contribution in [0.15, 0.2) is 18.2 Å². The molecule has 1 aliphatic rings. The summed E-state index contributed by atoms with van der Waals surface area (Å²) in [6.45, 7) is 0.938. The highest BCUT2D eigenvalue weighted by molar-refractivity contribution is 7.98. The third-order valence-electron chi connectivity index (χ3n) is 3.00. The van der Waals surface area contributed by atoms with Crippen LogP contribution in [0.2, 0.25) is 0 Å². The molecule has 0 aliphatic carbocycles. The third-order valence-corrected chi connectivity index (χ3v) is 3.64.